The summed E-state index contributed by atoms with van der Waals surface area (Å²) in [5.41, 5.74) is 1.71. The standard InChI is InChI=1S/C20H15ClN2O2S/c21-15-6-3-5-14(11-15)13-26-20-22-18-9-2-1-8-17(18)19(24)23(20)12-16-7-4-10-25-16/h1-11H,12-13H2. The largest absolute Gasteiger partial charge is 0.467 e. The van der Waals surface area contributed by atoms with Crippen molar-refractivity contribution in [1.82, 2.24) is 9.55 Å². The van der Waals surface area contributed by atoms with Gasteiger partial charge in [-0.1, -0.05) is 47.6 Å². The van der Waals surface area contributed by atoms with Gasteiger partial charge in [0.15, 0.2) is 5.16 Å². The molecule has 0 unspecified atom stereocenters. The molecule has 0 atom stereocenters. The van der Waals surface area contributed by atoms with E-state index in [9.17, 15) is 4.79 Å². The van der Waals surface area contributed by atoms with Crippen molar-refractivity contribution in [2.75, 3.05) is 0 Å². The third-order valence-corrected chi connectivity index (χ3v) is 5.26. The van der Waals surface area contributed by atoms with Gasteiger partial charge in [-0.3, -0.25) is 9.36 Å². The Hall–Kier alpha value is -2.50. The molecule has 0 radical (unpaired) electrons. The van der Waals surface area contributed by atoms with Gasteiger partial charge in [-0.2, -0.15) is 0 Å². The van der Waals surface area contributed by atoms with E-state index in [-0.39, 0.29) is 5.56 Å². The van der Waals surface area contributed by atoms with Gasteiger partial charge in [0.25, 0.3) is 5.56 Å². The molecule has 0 aliphatic rings. The molecule has 0 aliphatic carbocycles. The summed E-state index contributed by atoms with van der Waals surface area (Å²) in [6.45, 7) is 0.349. The Balaban J connectivity index is 1.74. The maximum absolute atomic E-state index is 13.0. The van der Waals surface area contributed by atoms with E-state index in [2.05, 4.69) is 0 Å². The lowest BCUT2D eigenvalue weighted by Crippen LogP contribution is -2.23. The van der Waals surface area contributed by atoms with Crippen LogP contribution in [0, 0.1) is 0 Å². The maximum Gasteiger partial charge on any atom is 0.262 e. The highest BCUT2D eigenvalue weighted by Gasteiger charge is 2.13. The second kappa shape index (κ2) is 7.40. The first kappa shape index (κ1) is 16.9. The summed E-state index contributed by atoms with van der Waals surface area (Å²) < 4.78 is 7.09. The number of furan rings is 1. The third kappa shape index (κ3) is 3.54. The third-order valence-electron chi connectivity index (χ3n) is 3.98. The minimum Gasteiger partial charge on any atom is -0.467 e. The number of aromatic nitrogens is 2. The Kier molecular flexibility index (Phi) is 4.82. The molecule has 2 aromatic heterocycles. The highest BCUT2D eigenvalue weighted by atomic mass is 35.5. The summed E-state index contributed by atoms with van der Waals surface area (Å²) in [5.74, 6) is 1.39. The molecule has 6 heteroatoms. The normalized spacial score (nSPS) is 11.1. The molecule has 0 saturated carbocycles. The van der Waals surface area contributed by atoms with Crippen LogP contribution in [0.5, 0.6) is 0 Å². The number of halogens is 1. The van der Waals surface area contributed by atoms with Crippen molar-refractivity contribution in [3.63, 3.8) is 0 Å². The zero-order chi connectivity index (χ0) is 17.9. The van der Waals surface area contributed by atoms with Crippen molar-refractivity contribution >= 4 is 34.3 Å². The van der Waals surface area contributed by atoms with Crippen LogP contribution in [0.1, 0.15) is 11.3 Å². The van der Waals surface area contributed by atoms with Crippen LogP contribution in [0.25, 0.3) is 10.9 Å². The number of hydrogen-bond donors (Lipinski definition) is 0. The highest BCUT2D eigenvalue weighted by Crippen LogP contribution is 2.24. The van der Waals surface area contributed by atoms with Crippen molar-refractivity contribution in [3.05, 3.63) is 93.6 Å². The summed E-state index contributed by atoms with van der Waals surface area (Å²) in [7, 11) is 0. The van der Waals surface area contributed by atoms with E-state index in [1.165, 1.54) is 11.8 Å². The smallest absolute Gasteiger partial charge is 0.262 e. The Morgan fingerprint density at radius 2 is 1.96 bits per heavy atom. The molecule has 0 fully saturated rings. The van der Waals surface area contributed by atoms with E-state index < -0.39 is 0 Å². The molecule has 0 amide bonds. The molecule has 0 aliphatic heterocycles. The number of thioether (sulfide) groups is 1. The quantitative estimate of drug-likeness (QED) is 0.360. The van der Waals surface area contributed by atoms with E-state index in [0.717, 1.165) is 5.56 Å². The van der Waals surface area contributed by atoms with Crippen LogP contribution in [0.15, 0.2) is 81.3 Å². The molecule has 0 N–H and O–H groups in total. The van der Waals surface area contributed by atoms with Crippen molar-refractivity contribution in [3.8, 4) is 0 Å². The maximum atomic E-state index is 13.0. The van der Waals surface area contributed by atoms with E-state index in [4.69, 9.17) is 21.0 Å². The lowest BCUT2D eigenvalue weighted by Gasteiger charge is -2.12. The highest BCUT2D eigenvalue weighted by molar-refractivity contribution is 7.98. The van der Waals surface area contributed by atoms with Gasteiger partial charge in [0.2, 0.25) is 0 Å². The molecule has 2 aromatic carbocycles. The molecule has 130 valence electrons. The van der Waals surface area contributed by atoms with E-state index in [1.54, 1.807) is 16.9 Å². The van der Waals surface area contributed by atoms with Crippen LogP contribution in [0.2, 0.25) is 5.02 Å². The number of nitrogens with zero attached hydrogens (tertiary/aromatic N) is 2. The molecule has 2 heterocycles. The molecule has 0 spiro atoms. The Morgan fingerprint density at radius 1 is 1.08 bits per heavy atom. The fraction of sp³-hybridized carbons (Fsp3) is 0.100. The zero-order valence-electron chi connectivity index (χ0n) is 13.8. The Morgan fingerprint density at radius 3 is 2.77 bits per heavy atom. The van der Waals surface area contributed by atoms with Crippen molar-refractivity contribution < 1.29 is 4.42 Å². The SMILES string of the molecule is O=c1c2ccccc2nc(SCc2cccc(Cl)c2)n1Cc1ccco1. The van der Waals surface area contributed by atoms with Gasteiger partial charge in [0.1, 0.15) is 5.76 Å². The number of rotatable bonds is 5. The summed E-state index contributed by atoms with van der Waals surface area (Å²) in [6.07, 6.45) is 1.60. The number of fused-ring (bicyclic) bond motifs is 1. The molecule has 0 saturated heterocycles. The van der Waals surface area contributed by atoms with Crippen LogP contribution >= 0.6 is 23.4 Å². The van der Waals surface area contributed by atoms with Gasteiger partial charge >= 0.3 is 0 Å². The first-order valence-corrected chi connectivity index (χ1v) is 9.46. The molecular weight excluding hydrogens is 368 g/mol. The summed E-state index contributed by atoms with van der Waals surface area (Å²) in [5, 5.41) is 1.96. The van der Waals surface area contributed by atoms with Crippen LogP contribution in [0.3, 0.4) is 0 Å². The van der Waals surface area contributed by atoms with Crippen molar-refractivity contribution in [1.29, 1.82) is 0 Å². The van der Waals surface area contributed by atoms with E-state index in [0.29, 0.717) is 39.1 Å². The second-order valence-corrected chi connectivity index (χ2v) is 7.18. The fourth-order valence-corrected chi connectivity index (χ4v) is 3.88. The van der Waals surface area contributed by atoms with Gasteiger partial charge in [-0.15, -0.1) is 0 Å². The first-order chi connectivity index (χ1) is 12.7. The van der Waals surface area contributed by atoms with Gasteiger partial charge in [0, 0.05) is 10.8 Å². The van der Waals surface area contributed by atoms with Crippen LogP contribution in [-0.2, 0) is 12.3 Å². The van der Waals surface area contributed by atoms with Gasteiger partial charge in [-0.25, -0.2) is 4.98 Å². The summed E-state index contributed by atoms with van der Waals surface area (Å²) in [6, 6.07) is 18.8. The van der Waals surface area contributed by atoms with Gasteiger partial charge in [0.05, 0.1) is 23.7 Å². The van der Waals surface area contributed by atoms with Crippen LogP contribution < -0.4 is 5.56 Å². The van der Waals surface area contributed by atoms with Crippen molar-refractivity contribution in [2.24, 2.45) is 0 Å². The second-order valence-electron chi connectivity index (χ2n) is 5.80. The molecule has 0 bridgehead atoms. The molecule has 26 heavy (non-hydrogen) atoms. The Bertz CT molecular complexity index is 1110. The lowest BCUT2D eigenvalue weighted by atomic mass is 10.2. The first-order valence-electron chi connectivity index (χ1n) is 8.10. The topological polar surface area (TPSA) is 48.0 Å². The molecule has 4 rings (SSSR count). The summed E-state index contributed by atoms with van der Waals surface area (Å²) in [4.78, 5) is 17.7. The van der Waals surface area contributed by atoms with Gasteiger partial charge < -0.3 is 4.42 Å². The Labute approximate surface area is 159 Å². The molecular formula is C20H15ClN2O2S. The van der Waals surface area contributed by atoms with Crippen LogP contribution in [-0.4, -0.2) is 9.55 Å². The van der Waals surface area contributed by atoms with Crippen molar-refractivity contribution in [2.45, 2.75) is 17.5 Å². The molecule has 4 aromatic rings. The zero-order valence-corrected chi connectivity index (χ0v) is 15.3. The molecule has 4 nitrogen and oxygen atoms in total. The predicted octanol–water partition coefficient (Wildman–Crippen LogP) is 4.98. The predicted molar refractivity (Wildman–Crippen MR) is 105 cm³/mol. The minimum atomic E-state index is -0.0689. The number of hydrogen-bond acceptors (Lipinski definition) is 4. The van der Waals surface area contributed by atoms with Gasteiger partial charge in [-0.05, 0) is 42.0 Å². The fourth-order valence-electron chi connectivity index (χ4n) is 2.73. The number of benzene rings is 2. The average Bonchev–Trinajstić information content (AvgIpc) is 3.16. The monoisotopic (exact) mass is 382 g/mol. The lowest BCUT2D eigenvalue weighted by molar-refractivity contribution is 0.476. The average molecular weight is 383 g/mol. The minimum absolute atomic E-state index is 0.0689. The van der Waals surface area contributed by atoms with E-state index >= 15 is 0 Å². The van der Waals surface area contributed by atoms with E-state index in [1.807, 2.05) is 54.6 Å². The summed E-state index contributed by atoms with van der Waals surface area (Å²) >= 11 is 7.57. The van der Waals surface area contributed by atoms with Crippen LogP contribution in [0.4, 0.5) is 0 Å². The number of para-hydroxylation sites is 1.